The maximum absolute atomic E-state index is 14.0. The molecule has 224 valence electrons. The van der Waals surface area contributed by atoms with Gasteiger partial charge in [0.05, 0.1) is 49.4 Å². The number of anilines is 1. The Morgan fingerprint density at radius 2 is 1.82 bits per heavy atom. The molecule has 3 heterocycles. The third-order valence-corrected chi connectivity index (χ3v) is 8.71. The van der Waals surface area contributed by atoms with Crippen LogP contribution in [-0.4, -0.2) is 48.1 Å². The first kappa shape index (κ1) is 29.1. The van der Waals surface area contributed by atoms with Gasteiger partial charge >= 0.3 is 0 Å². The predicted octanol–water partition coefficient (Wildman–Crippen LogP) is 5.94. The fourth-order valence-corrected chi connectivity index (χ4v) is 6.50. The van der Waals surface area contributed by atoms with E-state index in [2.05, 4.69) is 5.32 Å². The van der Waals surface area contributed by atoms with E-state index in [-0.39, 0.29) is 35.9 Å². The lowest BCUT2D eigenvalue weighted by Gasteiger charge is -2.23. The summed E-state index contributed by atoms with van der Waals surface area (Å²) in [5.41, 5.74) is 5.10. The van der Waals surface area contributed by atoms with Gasteiger partial charge in [-0.1, -0.05) is 48.0 Å². The average Bonchev–Trinajstić information content (AvgIpc) is 3.69. The lowest BCUT2D eigenvalue weighted by molar-refractivity contribution is -0.123. The van der Waals surface area contributed by atoms with Gasteiger partial charge in [-0.15, -0.1) is 11.8 Å². The van der Waals surface area contributed by atoms with Crippen molar-refractivity contribution in [3.63, 3.8) is 0 Å². The fraction of sp³-hybridized carbons (Fsp3) is 0.206. The summed E-state index contributed by atoms with van der Waals surface area (Å²) in [6, 6.07) is 27.0. The zero-order valence-electron chi connectivity index (χ0n) is 24.7. The SMILES string of the molecule is COc1ccc(OC)c(C2SCC(=O)N(CC(=O)NCc3ccco3)c3c2c(-c2ccccc2)nn3-c2ccc(C)cc2)c1. The number of hydrogen-bond donors (Lipinski definition) is 1. The van der Waals surface area contributed by atoms with Gasteiger partial charge in [0.25, 0.3) is 0 Å². The van der Waals surface area contributed by atoms with Crippen molar-refractivity contribution in [1.29, 1.82) is 0 Å². The van der Waals surface area contributed by atoms with Crippen LogP contribution in [0.15, 0.2) is 95.6 Å². The number of carbonyl (C=O) groups excluding carboxylic acids is 2. The molecular formula is C34H32N4O5S. The second-order valence-electron chi connectivity index (χ2n) is 10.3. The summed E-state index contributed by atoms with van der Waals surface area (Å²) in [5.74, 6) is 2.09. The van der Waals surface area contributed by atoms with Crippen LogP contribution in [0.2, 0.25) is 0 Å². The average molecular weight is 609 g/mol. The Kier molecular flexibility index (Phi) is 8.42. The molecule has 1 unspecified atom stereocenters. The van der Waals surface area contributed by atoms with E-state index in [4.69, 9.17) is 19.0 Å². The number of rotatable bonds is 9. The van der Waals surface area contributed by atoms with Crippen LogP contribution in [-0.2, 0) is 16.1 Å². The number of furan rings is 1. The minimum Gasteiger partial charge on any atom is -0.497 e. The lowest BCUT2D eigenvalue weighted by Crippen LogP contribution is -2.42. The van der Waals surface area contributed by atoms with Crippen molar-refractivity contribution in [3.8, 4) is 28.4 Å². The van der Waals surface area contributed by atoms with Gasteiger partial charge in [0.1, 0.15) is 29.6 Å². The number of fused-ring (bicyclic) bond motifs is 1. The van der Waals surface area contributed by atoms with E-state index in [1.807, 2.05) is 79.7 Å². The Labute approximate surface area is 259 Å². The van der Waals surface area contributed by atoms with Crippen LogP contribution in [0.3, 0.4) is 0 Å². The first-order valence-electron chi connectivity index (χ1n) is 14.1. The van der Waals surface area contributed by atoms with E-state index in [1.165, 1.54) is 11.8 Å². The van der Waals surface area contributed by atoms with E-state index < -0.39 is 0 Å². The predicted molar refractivity (Wildman–Crippen MR) is 170 cm³/mol. The number of nitrogens with one attached hydrogen (secondary N) is 1. The maximum Gasteiger partial charge on any atom is 0.240 e. The van der Waals surface area contributed by atoms with Crippen LogP contribution in [0.4, 0.5) is 5.82 Å². The Hall–Kier alpha value is -4.96. The van der Waals surface area contributed by atoms with Crippen LogP contribution in [0.1, 0.15) is 27.7 Å². The molecule has 9 nitrogen and oxygen atoms in total. The second kappa shape index (κ2) is 12.7. The Balaban J connectivity index is 1.57. The summed E-state index contributed by atoms with van der Waals surface area (Å²) >= 11 is 1.47. The number of aryl methyl sites for hydroxylation is 1. The number of methoxy groups -OCH3 is 2. The number of amides is 2. The molecule has 0 bridgehead atoms. The molecule has 1 atom stereocenters. The summed E-state index contributed by atoms with van der Waals surface area (Å²) in [6.45, 7) is 2.04. The van der Waals surface area contributed by atoms with Gasteiger partial charge in [0.2, 0.25) is 11.8 Å². The number of hydrogen-bond acceptors (Lipinski definition) is 7. The standard InChI is InChI=1S/C34H32N4O5S/c1-22-11-13-24(14-12-22)38-34-31(32(36-38)23-8-5-4-6-9-23)33(27-18-25(41-2)15-16-28(27)42-3)44-21-30(40)37(34)20-29(39)35-19-26-10-7-17-43-26/h4-18,33H,19-21H2,1-3H3,(H,35,39). The minimum absolute atomic E-state index is 0.132. The quantitative estimate of drug-likeness (QED) is 0.221. The van der Waals surface area contributed by atoms with Crippen molar-refractivity contribution in [2.75, 3.05) is 31.4 Å². The van der Waals surface area contributed by atoms with Gasteiger partial charge < -0.3 is 19.2 Å². The highest BCUT2D eigenvalue weighted by Crippen LogP contribution is 2.51. The molecule has 0 saturated carbocycles. The van der Waals surface area contributed by atoms with Gasteiger partial charge in [-0.05, 0) is 49.4 Å². The third kappa shape index (κ3) is 5.80. The monoisotopic (exact) mass is 608 g/mol. The number of carbonyl (C=O) groups is 2. The first-order valence-corrected chi connectivity index (χ1v) is 15.2. The number of nitrogens with zero attached hydrogens (tertiary/aromatic N) is 3. The minimum atomic E-state index is -0.371. The second-order valence-corrected chi connectivity index (χ2v) is 11.4. The van der Waals surface area contributed by atoms with Crippen molar-refractivity contribution in [1.82, 2.24) is 15.1 Å². The van der Waals surface area contributed by atoms with Gasteiger partial charge in [-0.25, -0.2) is 4.68 Å². The van der Waals surface area contributed by atoms with Gasteiger partial charge in [-0.2, -0.15) is 5.10 Å². The maximum atomic E-state index is 14.0. The van der Waals surface area contributed by atoms with E-state index in [1.54, 1.807) is 42.2 Å². The van der Waals surface area contributed by atoms with Crippen molar-refractivity contribution < 1.29 is 23.5 Å². The molecule has 0 saturated heterocycles. The summed E-state index contributed by atoms with van der Waals surface area (Å²) < 4.78 is 18.6. The number of benzene rings is 3. The van der Waals surface area contributed by atoms with Crippen LogP contribution in [0.5, 0.6) is 11.5 Å². The molecule has 1 aliphatic rings. The number of ether oxygens (including phenoxy) is 2. The zero-order chi connectivity index (χ0) is 30.6. The highest BCUT2D eigenvalue weighted by atomic mass is 32.2. The van der Waals surface area contributed by atoms with E-state index >= 15 is 0 Å². The van der Waals surface area contributed by atoms with E-state index in [9.17, 15) is 9.59 Å². The van der Waals surface area contributed by atoms with Crippen LogP contribution >= 0.6 is 11.8 Å². The molecule has 3 aromatic carbocycles. The smallest absolute Gasteiger partial charge is 0.240 e. The summed E-state index contributed by atoms with van der Waals surface area (Å²) in [4.78, 5) is 28.9. The van der Waals surface area contributed by atoms with Crippen LogP contribution < -0.4 is 19.7 Å². The summed E-state index contributed by atoms with van der Waals surface area (Å²) in [7, 11) is 3.25. The summed E-state index contributed by atoms with van der Waals surface area (Å²) in [6.07, 6.45) is 1.56. The van der Waals surface area contributed by atoms with E-state index in [0.717, 1.165) is 27.9 Å². The van der Waals surface area contributed by atoms with Crippen LogP contribution in [0.25, 0.3) is 16.9 Å². The molecule has 44 heavy (non-hydrogen) atoms. The molecule has 6 rings (SSSR count). The lowest BCUT2D eigenvalue weighted by atomic mass is 9.98. The molecule has 5 aromatic rings. The molecule has 2 amide bonds. The van der Waals surface area contributed by atoms with Crippen molar-refractivity contribution in [3.05, 3.63) is 114 Å². The van der Waals surface area contributed by atoms with Crippen molar-refractivity contribution in [2.45, 2.75) is 18.7 Å². The third-order valence-electron chi connectivity index (χ3n) is 7.48. The molecule has 0 aliphatic carbocycles. The first-order chi connectivity index (χ1) is 21.5. The molecule has 0 radical (unpaired) electrons. The Morgan fingerprint density at radius 3 is 2.52 bits per heavy atom. The molecule has 10 heteroatoms. The van der Waals surface area contributed by atoms with Gasteiger partial charge in [0, 0.05) is 16.7 Å². The van der Waals surface area contributed by atoms with Crippen molar-refractivity contribution in [2.24, 2.45) is 0 Å². The molecule has 1 aliphatic heterocycles. The summed E-state index contributed by atoms with van der Waals surface area (Å²) in [5, 5.41) is 7.66. The largest absolute Gasteiger partial charge is 0.497 e. The Bertz CT molecular complexity index is 1770. The highest BCUT2D eigenvalue weighted by molar-refractivity contribution is 8.00. The molecular weight excluding hydrogens is 576 g/mol. The molecule has 1 N–H and O–H groups in total. The normalized spacial score (nSPS) is 14.6. The molecule has 0 spiro atoms. The topological polar surface area (TPSA) is 98.8 Å². The highest BCUT2D eigenvalue weighted by Gasteiger charge is 2.38. The number of aromatic nitrogens is 2. The van der Waals surface area contributed by atoms with Gasteiger partial charge in [0.15, 0.2) is 0 Å². The van der Waals surface area contributed by atoms with Crippen LogP contribution in [0, 0.1) is 6.92 Å². The van der Waals surface area contributed by atoms with Gasteiger partial charge in [-0.3, -0.25) is 14.5 Å². The Morgan fingerprint density at radius 1 is 1.02 bits per heavy atom. The van der Waals surface area contributed by atoms with E-state index in [0.29, 0.717) is 28.8 Å². The molecule has 0 fully saturated rings. The zero-order valence-corrected chi connectivity index (χ0v) is 25.5. The molecule has 2 aromatic heterocycles. The fourth-order valence-electron chi connectivity index (χ4n) is 5.28. The van der Waals surface area contributed by atoms with Crippen molar-refractivity contribution >= 4 is 29.4 Å². The number of thioether (sulfide) groups is 1.